The molecule has 0 aliphatic carbocycles. The van der Waals surface area contributed by atoms with Crippen molar-refractivity contribution in [3.05, 3.63) is 36.7 Å². The van der Waals surface area contributed by atoms with Gasteiger partial charge in [-0.05, 0) is 45.0 Å². The molecule has 0 aliphatic heterocycles. The number of ether oxygens (including phenoxy) is 2. The fraction of sp³-hybridized carbons (Fsp3) is 0.438. The fourth-order valence-electron chi connectivity index (χ4n) is 1.78. The minimum atomic E-state index is -4.04. The third kappa shape index (κ3) is 6.29. The van der Waals surface area contributed by atoms with E-state index in [4.69, 9.17) is 9.47 Å². The zero-order valence-corrected chi connectivity index (χ0v) is 14.9. The summed E-state index contributed by atoms with van der Waals surface area (Å²) in [5.41, 5.74) is -0.835. The van der Waals surface area contributed by atoms with Crippen molar-refractivity contribution >= 4 is 16.0 Å². The Bertz CT molecular complexity index is 692. The van der Waals surface area contributed by atoms with Gasteiger partial charge < -0.3 is 9.47 Å². The van der Waals surface area contributed by atoms with Crippen LogP contribution in [-0.4, -0.2) is 33.1 Å². The number of carbonyl (C=O) groups excluding carboxylic acids is 1. The van der Waals surface area contributed by atoms with Crippen molar-refractivity contribution in [3.8, 4) is 5.75 Å². The van der Waals surface area contributed by atoms with E-state index in [1.54, 1.807) is 20.8 Å². The van der Waals surface area contributed by atoms with Crippen molar-refractivity contribution in [2.75, 3.05) is 7.11 Å². The largest absolute Gasteiger partial charge is 0.497 e. The van der Waals surface area contributed by atoms with Crippen LogP contribution >= 0.6 is 0 Å². The zero-order chi connectivity index (χ0) is 18.5. The Morgan fingerprint density at radius 1 is 1.29 bits per heavy atom. The van der Waals surface area contributed by atoms with Crippen molar-refractivity contribution in [3.63, 3.8) is 0 Å². The lowest BCUT2D eigenvalue weighted by atomic mass is 10.1. The summed E-state index contributed by atoms with van der Waals surface area (Å²) in [7, 11) is -2.59. The SMILES string of the molecule is C=C(F)C[C@@H](NS(=O)(=O)c1ccc(OC)cc1)C(=O)OC(C)(C)C. The number of esters is 1. The molecule has 24 heavy (non-hydrogen) atoms. The van der Waals surface area contributed by atoms with E-state index in [0.717, 1.165) is 0 Å². The summed E-state index contributed by atoms with van der Waals surface area (Å²) in [6, 6.07) is 4.15. The summed E-state index contributed by atoms with van der Waals surface area (Å²) in [6.45, 7) is 7.96. The zero-order valence-electron chi connectivity index (χ0n) is 14.1. The number of hydrogen-bond donors (Lipinski definition) is 1. The van der Waals surface area contributed by atoms with Gasteiger partial charge in [0, 0.05) is 6.42 Å². The van der Waals surface area contributed by atoms with Gasteiger partial charge in [0.05, 0.1) is 17.8 Å². The molecule has 1 rings (SSSR count). The molecule has 0 heterocycles. The lowest BCUT2D eigenvalue weighted by Gasteiger charge is -2.24. The van der Waals surface area contributed by atoms with Crippen LogP contribution in [0.4, 0.5) is 4.39 Å². The molecular formula is C16H22FNO5S. The molecule has 0 amide bonds. The molecular weight excluding hydrogens is 337 g/mol. The Kier molecular flexibility index (Phi) is 6.50. The van der Waals surface area contributed by atoms with Crippen LogP contribution < -0.4 is 9.46 Å². The average molecular weight is 359 g/mol. The number of nitrogens with one attached hydrogen (secondary N) is 1. The monoisotopic (exact) mass is 359 g/mol. The molecule has 0 unspecified atom stereocenters. The number of benzene rings is 1. The first kappa shape index (κ1) is 20.1. The molecule has 0 fully saturated rings. The van der Waals surface area contributed by atoms with E-state index in [-0.39, 0.29) is 4.90 Å². The maximum absolute atomic E-state index is 13.2. The highest BCUT2D eigenvalue weighted by Gasteiger charge is 2.30. The minimum Gasteiger partial charge on any atom is -0.497 e. The molecule has 0 bridgehead atoms. The summed E-state index contributed by atoms with van der Waals surface area (Å²) in [5.74, 6) is -1.23. The van der Waals surface area contributed by atoms with Gasteiger partial charge in [-0.15, -0.1) is 0 Å². The Hall–Kier alpha value is -1.93. The van der Waals surface area contributed by atoms with Gasteiger partial charge in [-0.1, -0.05) is 6.58 Å². The Balaban J connectivity index is 3.02. The van der Waals surface area contributed by atoms with Crippen LogP contribution in [0.2, 0.25) is 0 Å². The van der Waals surface area contributed by atoms with E-state index >= 15 is 0 Å². The van der Waals surface area contributed by atoms with Crippen LogP contribution in [0.1, 0.15) is 27.2 Å². The van der Waals surface area contributed by atoms with E-state index in [0.29, 0.717) is 5.75 Å². The van der Waals surface area contributed by atoms with Gasteiger partial charge in [-0.25, -0.2) is 12.8 Å². The van der Waals surface area contributed by atoms with Crippen LogP contribution in [-0.2, 0) is 19.6 Å². The second kappa shape index (κ2) is 7.76. The maximum atomic E-state index is 13.2. The normalized spacial score (nSPS) is 13.2. The first-order valence-corrected chi connectivity index (χ1v) is 8.65. The van der Waals surface area contributed by atoms with Crippen molar-refractivity contribution in [2.24, 2.45) is 0 Å². The number of rotatable bonds is 7. The van der Waals surface area contributed by atoms with Crippen LogP contribution in [0, 0.1) is 0 Å². The summed E-state index contributed by atoms with van der Waals surface area (Å²) in [5, 5.41) is 0. The molecule has 1 N–H and O–H groups in total. The Morgan fingerprint density at radius 3 is 2.25 bits per heavy atom. The summed E-state index contributed by atoms with van der Waals surface area (Å²) < 4.78 is 50.2. The smallest absolute Gasteiger partial charge is 0.325 e. The number of sulfonamides is 1. The number of carbonyl (C=O) groups is 1. The van der Waals surface area contributed by atoms with Crippen LogP contribution in [0.3, 0.4) is 0 Å². The van der Waals surface area contributed by atoms with Crippen molar-refractivity contribution in [2.45, 2.75) is 43.7 Å². The third-order valence-corrected chi connectivity index (χ3v) is 4.27. The molecule has 0 saturated carbocycles. The first-order chi connectivity index (χ1) is 10.9. The summed E-state index contributed by atoms with van der Waals surface area (Å²) in [4.78, 5) is 12.0. The van der Waals surface area contributed by atoms with Crippen LogP contribution in [0.5, 0.6) is 5.75 Å². The minimum absolute atomic E-state index is 0.0821. The van der Waals surface area contributed by atoms with E-state index in [2.05, 4.69) is 11.3 Å². The average Bonchev–Trinajstić information content (AvgIpc) is 2.44. The van der Waals surface area contributed by atoms with E-state index < -0.39 is 39.9 Å². The quantitative estimate of drug-likeness (QED) is 0.757. The highest BCUT2D eigenvalue weighted by atomic mass is 32.2. The van der Waals surface area contributed by atoms with Crippen molar-refractivity contribution in [1.82, 2.24) is 4.72 Å². The molecule has 1 aromatic carbocycles. The van der Waals surface area contributed by atoms with Gasteiger partial charge >= 0.3 is 5.97 Å². The van der Waals surface area contributed by atoms with Gasteiger partial charge in [-0.3, -0.25) is 4.79 Å². The molecule has 134 valence electrons. The van der Waals surface area contributed by atoms with Gasteiger partial charge in [0.25, 0.3) is 0 Å². The standard InChI is InChI=1S/C16H22FNO5S/c1-11(17)10-14(15(19)23-16(2,3)4)18-24(20,21)13-8-6-12(22-5)7-9-13/h6-9,14,18H,1,10H2,2-5H3/t14-/m1/s1. The summed E-state index contributed by atoms with van der Waals surface area (Å²) >= 11 is 0. The fourth-order valence-corrected chi connectivity index (χ4v) is 2.96. The van der Waals surface area contributed by atoms with Gasteiger partial charge in [-0.2, -0.15) is 4.72 Å². The second-order valence-electron chi connectivity index (χ2n) is 6.10. The molecule has 6 nitrogen and oxygen atoms in total. The Morgan fingerprint density at radius 2 is 1.83 bits per heavy atom. The third-order valence-electron chi connectivity index (χ3n) is 2.78. The summed E-state index contributed by atoms with van der Waals surface area (Å²) in [6.07, 6.45) is -0.510. The van der Waals surface area contributed by atoms with Crippen molar-refractivity contribution in [1.29, 1.82) is 0 Å². The van der Waals surface area contributed by atoms with Gasteiger partial charge in [0.15, 0.2) is 0 Å². The Labute approximate surface area is 141 Å². The number of halogens is 1. The molecule has 0 spiro atoms. The predicted octanol–water partition coefficient (Wildman–Crippen LogP) is 2.56. The number of hydrogen-bond acceptors (Lipinski definition) is 5. The first-order valence-electron chi connectivity index (χ1n) is 7.17. The second-order valence-corrected chi connectivity index (χ2v) is 7.82. The lowest BCUT2D eigenvalue weighted by molar-refractivity contribution is -0.157. The molecule has 1 atom stereocenters. The van der Waals surface area contributed by atoms with Gasteiger partial charge in [0.1, 0.15) is 17.4 Å². The molecule has 0 radical (unpaired) electrons. The molecule has 8 heteroatoms. The van der Waals surface area contributed by atoms with E-state index in [1.165, 1.54) is 31.4 Å². The van der Waals surface area contributed by atoms with Crippen molar-refractivity contribution < 1.29 is 27.1 Å². The molecule has 1 aromatic rings. The molecule has 0 aromatic heterocycles. The predicted molar refractivity (Wildman–Crippen MR) is 87.8 cm³/mol. The highest BCUT2D eigenvalue weighted by Crippen LogP contribution is 2.18. The number of methoxy groups -OCH3 is 1. The van der Waals surface area contributed by atoms with E-state index in [9.17, 15) is 17.6 Å². The van der Waals surface area contributed by atoms with Crippen LogP contribution in [0.25, 0.3) is 0 Å². The van der Waals surface area contributed by atoms with E-state index in [1.807, 2.05) is 0 Å². The lowest BCUT2D eigenvalue weighted by Crippen LogP contribution is -2.44. The maximum Gasteiger partial charge on any atom is 0.325 e. The topological polar surface area (TPSA) is 81.7 Å². The molecule has 0 saturated heterocycles. The highest BCUT2D eigenvalue weighted by molar-refractivity contribution is 7.89. The molecule has 0 aliphatic rings. The van der Waals surface area contributed by atoms with Gasteiger partial charge in [0.2, 0.25) is 10.0 Å². The van der Waals surface area contributed by atoms with Crippen LogP contribution in [0.15, 0.2) is 41.6 Å².